The second kappa shape index (κ2) is 5.28. The first-order valence-electron chi connectivity index (χ1n) is 9.14. The smallest absolute Gasteiger partial charge is 0.0685 e. The lowest BCUT2D eigenvalue weighted by Gasteiger charge is -2.41. The van der Waals surface area contributed by atoms with Crippen molar-refractivity contribution in [2.75, 3.05) is 13.7 Å². The molecule has 0 bridgehead atoms. The Labute approximate surface area is 124 Å². The molecule has 0 aromatic carbocycles. The standard InChI is InChI=1S/C18H31NO/c1-19-17(16-14-6-2-3-7-15(14)16)13-8-11-20-18(12-13)9-4-5-10-18/h13-17,19H,2-12H2,1H3. The van der Waals surface area contributed by atoms with E-state index in [1.807, 2.05) is 0 Å². The monoisotopic (exact) mass is 277 g/mol. The molecule has 1 spiro atoms. The van der Waals surface area contributed by atoms with Crippen LogP contribution >= 0.6 is 0 Å². The highest BCUT2D eigenvalue weighted by atomic mass is 16.5. The molecule has 4 atom stereocenters. The molecule has 2 heteroatoms. The third-order valence-electron chi connectivity index (χ3n) is 7.02. The maximum Gasteiger partial charge on any atom is 0.0685 e. The zero-order chi connectivity index (χ0) is 13.6. The molecule has 20 heavy (non-hydrogen) atoms. The van der Waals surface area contributed by atoms with Gasteiger partial charge in [-0.1, -0.05) is 25.7 Å². The Hall–Kier alpha value is -0.0800. The van der Waals surface area contributed by atoms with Crippen LogP contribution in [0.5, 0.6) is 0 Å². The van der Waals surface area contributed by atoms with Crippen molar-refractivity contribution >= 4 is 0 Å². The summed E-state index contributed by atoms with van der Waals surface area (Å²) in [4.78, 5) is 0. The molecule has 1 heterocycles. The Balaban J connectivity index is 1.45. The maximum absolute atomic E-state index is 6.24. The summed E-state index contributed by atoms with van der Waals surface area (Å²) in [6.45, 7) is 1.02. The summed E-state index contributed by atoms with van der Waals surface area (Å²) in [5.41, 5.74) is 0.290. The second-order valence-electron chi connectivity index (χ2n) is 8.00. The summed E-state index contributed by atoms with van der Waals surface area (Å²) in [6, 6.07) is 0.782. The summed E-state index contributed by atoms with van der Waals surface area (Å²) < 4.78 is 6.24. The molecule has 1 N–H and O–H groups in total. The van der Waals surface area contributed by atoms with Gasteiger partial charge in [0.05, 0.1) is 5.60 Å². The van der Waals surface area contributed by atoms with Crippen LogP contribution in [0.3, 0.4) is 0 Å². The van der Waals surface area contributed by atoms with Gasteiger partial charge in [0, 0.05) is 12.6 Å². The van der Waals surface area contributed by atoms with Crippen molar-refractivity contribution in [3.05, 3.63) is 0 Å². The SMILES string of the molecule is CNC(C1CCOC2(CCCC2)C1)C1C2CCCCC21. The largest absolute Gasteiger partial charge is 0.375 e. The van der Waals surface area contributed by atoms with E-state index < -0.39 is 0 Å². The normalized spacial score (nSPS) is 44.2. The van der Waals surface area contributed by atoms with Crippen molar-refractivity contribution in [2.24, 2.45) is 23.7 Å². The van der Waals surface area contributed by atoms with Crippen LogP contribution in [0.4, 0.5) is 0 Å². The molecule has 2 nitrogen and oxygen atoms in total. The number of rotatable bonds is 3. The summed E-state index contributed by atoms with van der Waals surface area (Å²) in [5.74, 6) is 4.03. The first kappa shape index (κ1) is 13.6. The molecule has 0 aromatic rings. The highest BCUT2D eigenvalue weighted by Crippen LogP contribution is 2.59. The molecule has 4 unspecified atom stereocenters. The predicted octanol–water partition coefficient (Wildman–Crippen LogP) is 3.75. The molecule has 3 aliphatic carbocycles. The van der Waals surface area contributed by atoms with Crippen LogP contribution in [0.2, 0.25) is 0 Å². The molecular weight excluding hydrogens is 246 g/mol. The van der Waals surface area contributed by atoms with E-state index in [2.05, 4.69) is 12.4 Å². The maximum atomic E-state index is 6.24. The first-order valence-corrected chi connectivity index (χ1v) is 9.14. The molecule has 3 saturated carbocycles. The number of nitrogens with one attached hydrogen (secondary N) is 1. The van der Waals surface area contributed by atoms with Gasteiger partial charge < -0.3 is 10.1 Å². The summed E-state index contributed by atoms with van der Waals surface area (Å²) in [6.07, 6.45) is 14.1. The van der Waals surface area contributed by atoms with Crippen LogP contribution in [-0.4, -0.2) is 25.3 Å². The van der Waals surface area contributed by atoms with Crippen molar-refractivity contribution in [1.29, 1.82) is 0 Å². The van der Waals surface area contributed by atoms with Crippen LogP contribution in [0, 0.1) is 23.7 Å². The summed E-state index contributed by atoms with van der Waals surface area (Å²) >= 11 is 0. The molecule has 4 rings (SSSR count). The molecule has 0 radical (unpaired) electrons. The van der Waals surface area contributed by atoms with E-state index in [0.29, 0.717) is 0 Å². The Morgan fingerprint density at radius 2 is 1.70 bits per heavy atom. The predicted molar refractivity (Wildman–Crippen MR) is 81.7 cm³/mol. The van der Waals surface area contributed by atoms with Gasteiger partial charge in [0.1, 0.15) is 0 Å². The van der Waals surface area contributed by atoms with Crippen LogP contribution in [0.25, 0.3) is 0 Å². The zero-order valence-electron chi connectivity index (χ0n) is 13.1. The van der Waals surface area contributed by atoms with Gasteiger partial charge in [0.2, 0.25) is 0 Å². The fraction of sp³-hybridized carbons (Fsp3) is 1.00. The second-order valence-corrected chi connectivity index (χ2v) is 8.00. The van der Waals surface area contributed by atoms with Crippen molar-refractivity contribution in [3.63, 3.8) is 0 Å². The lowest BCUT2D eigenvalue weighted by molar-refractivity contribution is -0.0990. The highest BCUT2D eigenvalue weighted by molar-refractivity contribution is 5.07. The Bertz CT molecular complexity index is 337. The number of hydrogen-bond donors (Lipinski definition) is 1. The van der Waals surface area contributed by atoms with Crippen LogP contribution in [0.1, 0.15) is 64.2 Å². The van der Waals surface area contributed by atoms with Gasteiger partial charge in [-0.3, -0.25) is 0 Å². The quantitative estimate of drug-likeness (QED) is 0.848. The number of hydrogen-bond acceptors (Lipinski definition) is 2. The molecule has 1 saturated heterocycles. The van der Waals surface area contributed by atoms with Gasteiger partial charge in [0.25, 0.3) is 0 Å². The number of fused-ring (bicyclic) bond motifs is 1. The van der Waals surface area contributed by atoms with E-state index in [9.17, 15) is 0 Å². The molecule has 1 aliphatic heterocycles. The minimum atomic E-state index is 0.290. The molecule has 0 aromatic heterocycles. The third kappa shape index (κ3) is 2.23. The topological polar surface area (TPSA) is 21.3 Å². The highest BCUT2D eigenvalue weighted by Gasteiger charge is 2.56. The first-order chi connectivity index (χ1) is 9.83. The Morgan fingerprint density at radius 3 is 2.35 bits per heavy atom. The van der Waals surface area contributed by atoms with Gasteiger partial charge in [-0.15, -0.1) is 0 Å². The van der Waals surface area contributed by atoms with E-state index in [4.69, 9.17) is 4.74 Å². The van der Waals surface area contributed by atoms with E-state index in [0.717, 1.165) is 36.3 Å². The lowest BCUT2D eigenvalue weighted by Crippen LogP contribution is -2.46. The van der Waals surface area contributed by atoms with E-state index in [1.54, 1.807) is 0 Å². The van der Waals surface area contributed by atoms with Gasteiger partial charge in [-0.05, 0) is 69.2 Å². The van der Waals surface area contributed by atoms with Crippen molar-refractivity contribution in [3.8, 4) is 0 Å². The van der Waals surface area contributed by atoms with Crippen molar-refractivity contribution in [1.82, 2.24) is 5.32 Å². The van der Waals surface area contributed by atoms with Gasteiger partial charge in [0.15, 0.2) is 0 Å². The van der Waals surface area contributed by atoms with Gasteiger partial charge in [-0.2, -0.15) is 0 Å². The van der Waals surface area contributed by atoms with Crippen LogP contribution < -0.4 is 5.32 Å². The van der Waals surface area contributed by atoms with Crippen molar-refractivity contribution in [2.45, 2.75) is 75.9 Å². The van der Waals surface area contributed by atoms with Crippen molar-refractivity contribution < 1.29 is 4.74 Å². The fourth-order valence-electron chi connectivity index (χ4n) is 6.06. The average molecular weight is 277 g/mol. The van der Waals surface area contributed by atoms with E-state index >= 15 is 0 Å². The Morgan fingerprint density at radius 1 is 1.00 bits per heavy atom. The van der Waals surface area contributed by atoms with Crippen LogP contribution in [-0.2, 0) is 4.74 Å². The third-order valence-corrected chi connectivity index (χ3v) is 7.02. The van der Waals surface area contributed by atoms with Crippen LogP contribution in [0.15, 0.2) is 0 Å². The number of ether oxygens (including phenoxy) is 1. The lowest BCUT2D eigenvalue weighted by atomic mass is 9.78. The molecule has 114 valence electrons. The zero-order valence-corrected chi connectivity index (χ0v) is 13.1. The summed E-state index contributed by atoms with van der Waals surface area (Å²) in [5, 5.41) is 3.74. The average Bonchev–Trinajstić information content (AvgIpc) is 3.03. The van der Waals surface area contributed by atoms with E-state index in [1.165, 1.54) is 64.2 Å². The minimum Gasteiger partial charge on any atom is -0.375 e. The summed E-state index contributed by atoms with van der Waals surface area (Å²) in [7, 11) is 2.21. The molecular formula is C18H31NO. The van der Waals surface area contributed by atoms with Gasteiger partial charge in [-0.25, -0.2) is 0 Å². The van der Waals surface area contributed by atoms with Gasteiger partial charge >= 0.3 is 0 Å². The Kier molecular flexibility index (Phi) is 3.58. The van der Waals surface area contributed by atoms with E-state index in [-0.39, 0.29) is 5.60 Å². The molecule has 4 aliphatic rings. The minimum absolute atomic E-state index is 0.290. The molecule has 4 fully saturated rings. The fourth-order valence-corrected chi connectivity index (χ4v) is 6.06. The molecule has 0 amide bonds.